The first kappa shape index (κ1) is 23.5. The van der Waals surface area contributed by atoms with E-state index in [0.29, 0.717) is 0 Å². The van der Waals surface area contributed by atoms with Gasteiger partial charge in [-0.3, -0.25) is 0 Å². The van der Waals surface area contributed by atoms with Gasteiger partial charge in [0.15, 0.2) is 6.10 Å². The molecule has 0 bridgehead atoms. The number of benzene rings is 3. The molecule has 172 valence electrons. The molecular formula is C30H34O2S. The third-order valence-corrected chi connectivity index (χ3v) is 8.05. The van der Waals surface area contributed by atoms with Crippen LogP contribution in [0.1, 0.15) is 70.5 Å². The predicted octanol–water partition coefficient (Wildman–Crippen LogP) is 8.63. The zero-order valence-electron chi connectivity index (χ0n) is 19.8. The molecule has 0 fully saturated rings. The Balaban J connectivity index is 1.84. The Morgan fingerprint density at radius 3 is 2.48 bits per heavy atom. The molecule has 0 amide bonds. The second-order valence-corrected chi connectivity index (χ2v) is 10.2. The number of rotatable bonds is 9. The minimum Gasteiger partial charge on any atom is -0.485 e. The lowest BCUT2D eigenvalue weighted by Gasteiger charge is -2.27. The Labute approximate surface area is 200 Å². The van der Waals surface area contributed by atoms with Crippen LogP contribution in [-0.2, 0) is 15.5 Å². The molecule has 2 nitrogen and oxygen atoms in total. The quantitative estimate of drug-likeness (QED) is 0.321. The minimum absolute atomic E-state index is 0.354. The Morgan fingerprint density at radius 1 is 0.970 bits per heavy atom. The van der Waals surface area contributed by atoms with Crippen LogP contribution in [0.4, 0.5) is 0 Å². The van der Waals surface area contributed by atoms with Crippen molar-refractivity contribution in [1.82, 2.24) is 0 Å². The number of allylic oxidation sites excluding steroid dienone is 3. The molecule has 0 heterocycles. The van der Waals surface area contributed by atoms with Gasteiger partial charge >= 0.3 is 0 Å². The van der Waals surface area contributed by atoms with Crippen molar-refractivity contribution in [3.63, 3.8) is 0 Å². The van der Waals surface area contributed by atoms with Crippen molar-refractivity contribution in [3.8, 4) is 0 Å². The van der Waals surface area contributed by atoms with E-state index in [1.807, 2.05) is 42.5 Å². The average molecular weight is 459 g/mol. The van der Waals surface area contributed by atoms with Crippen LogP contribution in [0.5, 0.6) is 0 Å². The van der Waals surface area contributed by atoms with E-state index in [2.05, 4.69) is 50.3 Å². The van der Waals surface area contributed by atoms with Crippen molar-refractivity contribution in [2.75, 3.05) is 0 Å². The minimum atomic E-state index is -1.34. The maximum atomic E-state index is 14.4. The van der Waals surface area contributed by atoms with Crippen molar-refractivity contribution in [1.29, 1.82) is 0 Å². The largest absolute Gasteiger partial charge is 0.485 e. The maximum Gasteiger partial charge on any atom is 0.157 e. The molecule has 0 N–H and O–H groups in total. The summed E-state index contributed by atoms with van der Waals surface area (Å²) in [5.41, 5.74) is 2.23. The number of unbranched alkanes of at least 4 members (excludes halogenated alkanes) is 1. The van der Waals surface area contributed by atoms with Gasteiger partial charge in [0.25, 0.3) is 0 Å². The number of hydrogen-bond acceptors (Lipinski definition) is 2. The molecule has 0 saturated heterocycles. The molecule has 3 aromatic rings. The van der Waals surface area contributed by atoms with Crippen molar-refractivity contribution in [2.45, 2.75) is 69.8 Å². The van der Waals surface area contributed by atoms with Crippen LogP contribution < -0.4 is 0 Å². The summed E-state index contributed by atoms with van der Waals surface area (Å²) in [5, 5.41) is 2.16. The molecular weight excluding hydrogens is 424 g/mol. The van der Waals surface area contributed by atoms with Crippen LogP contribution in [0.15, 0.2) is 100 Å². The van der Waals surface area contributed by atoms with Crippen LogP contribution in [0.25, 0.3) is 10.8 Å². The van der Waals surface area contributed by atoms with Gasteiger partial charge in [0.1, 0.15) is 0 Å². The molecule has 1 aliphatic carbocycles. The number of hydrogen-bond donors (Lipinski definition) is 0. The molecule has 3 heteroatoms. The van der Waals surface area contributed by atoms with Gasteiger partial charge in [-0.1, -0.05) is 85.6 Å². The molecule has 3 aromatic carbocycles. The highest BCUT2D eigenvalue weighted by Crippen LogP contribution is 2.39. The van der Waals surface area contributed by atoms with E-state index in [1.54, 1.807) is 0 Å². The van der Waals surface area contributed by atoms with E-state index in [0.717, 1.165) is 70.4 Å². The molecule has 0 unspecified atom stereocenters. The highest BCUT2D eigenvalue weighted by atomic mass is 32.2. The molecule has 4 rings (SSSR count). The van der Waals surface area contributed by atoms with E-state index < -0.39 is 10.8 Å². The summed E-state index contributed by atoms with van der Waals surface area (Å²) in [5.74, 6) is 1.03. The maximum absolute atomic E-state index is 14.4. The molecule has 0 spiro atoms. The predicted molar refractivity (Wildman–Crippen MR) is 139 cm³/mol. The highest BCUT2D eigenvalue weighted by Gasteiger charge is 2.28. The van der Waals surface area contributed by atoms with Crippen molar-refractivity contribution in [2.24, 2.45) is 0 Å². The summed E-state index contributed by atoms with van der Waals surface area (Å²) in [4.78, 5) is 1.76. The van der Waals surface area contributed by atoms with Gasteiger partial charge < -0.3 is 4.74 Å². The molecule has 0 aromatic heterocycles. The van der Waals surface area contributed by atoms with E-state index in [-0.39, 0.29) is 6.10 Å². The fourth-order valence-corrected chi connectivity index (χ4v) is 6.11. The second-order valence-electron chi connectivity index (χ2n) is 8.82. The first-order chi connectivity index (χ1) is 16.2. The Morgan fingerprint density at radius 2 is 1.73 bits per heavy atom. The average Bonchev–Trinajstić information content (AvgIpc) is 2.87. The zero-order chi connectivity index (χ0) is 23.0. The van der Waals surface area contributed by atoms with Crippen LogP contribution in [0.2, 0.25) is 0 Å². The first-order valence-corrected chi connectivity index (χ1v) is 13.3. The van der Waals surface area contributed by atoms with E-state index in [4.69, 9.17) is 4.74 Å². The van der Waals surface area contributed by atoms with E-state index in [1.165, 1.54) is 12.0 Å². The monoisotopic (exact) mass is 458 g/mol. The lowest BCUT2D eigenvalue weighted by Crippen LogP contribution is -2.15. The van der Waals surface area contributed by atoms with Gasteiger partial charge in [0.2, 0.25) is 0 Å². The van der Waals surface area contributed by atoms with Crippen LogP contribution in [0, 0.1) is 0 Å². The summed E-state index contributed by atoms with van der Waals surface area (Å²) < 4.78 is 21.1. The second kappa shape index (κ2) is 11.5. The van der Waals surface area contributed by atoms with Gasteiger partial charge in [-0.15, -0.1) is 0 Å². The SMILES string of the molecule is CCCC/C(C)=C(\[C@@H](OC1=CCCCC1)c1ccccc1)[S@](=O)c1cccc2ccccc12. The van der Waals surface area contributed by atoms with Crippen LogP contribution in [0.3, 0.4) is 0 Å². The fourth-order valence-electron chi connectivity index (χ4n) is 4.49. The molecule has 0 radical (unpaired) electrons. The summed E-state index contributed by atoms with van der Waals surface area (Å²) in [7, 11) is -1.34. The summed E-state index contributed by atoms with van der Waals surface area (Å²) in [6.45, 7) is 4.34. The lowest BCUT2D eigenvalue weighted by atomic mass is 10.0. The topological polar surface area (TPSA) is 26.3 Å². The third kappa shape index (κ3) is 5.65. The van der Waals surface area contributed by atoms with Gasteiger partial charge in [-0.05, 0) is 67.5 Å². The van der Waals surface area contributed by atoms with Gasteiger partial charge in [0.05, 0.1) is 26.4 Å². The molecule has 0 aliphatic heterocycles. The molecule has 2 atom stereocenters. The van der Waals surface area contributed by atoms with Crippen molar-refractivity contribution < 1.29 is 8.95 Å². The standard InChI is InChI=1S/C30H34O2S/c1-3-4-14-23(2)30(33(31)28-22-13-18-24-15-11-12-21-27(24)28)29(25-16-7-5-8-17-25)32-26-19-9-6-10-20-26/h5,7-8,11-13,15-19,21-22,29H,3-4,6,9-10,14,20H2,1-2H3/b30-23+/t29-,33+/m0/s1. The van der Waals surface area contributed by atoms with Gasteiger partial charge in [-0.2, -0.15) is 0 Å². The zero-order valence-corrected chi connectivity index (χ0v) is 20.6. The van der Waals surface area contributed by atoms with Crippen LogP contribution >= 0.6 is 0 Å². The smallest absolute Gasteiger partial charge is 0.157 e. The summed E-state index contributed by atoms with van der Waals surface area (Å²) >= 11 is 0. The lowest BCUT2D eigenvalue weighted by molar-refractivity contribution is 0.138. The normalized spacial score (nSPS) is 16.6. The molecule has 1 aliphatic rings. The van der Waals surface area contributed by atoms with Gasteiger partial charge in [0, 0.05) is 6.42 Å². The molecule has 0 saturated carbocycles. The summed E-state index contributed by atoms with van der Waals surface area (Å²) in [6.07, 6.45) is 9.33. The first-order valence-electron chi connectivity index (χ1n) is 12.2. The van der Waals surface area contributed by atoms with Crippen molar-refractivity contribution >= 4 is 21.6 Å². The third-order valence-electron chi connectivity index (χ3n) is 6.33. The Hall–Kier alpha value is -2.65. The van der Waals surface area contributed by atoms with Gasteiger partial charge in [-0.25, -0.2) is 4.21 Å². The number of fused-ring (bicyclic) bond motifs is 1. The van der Waals surface area contributed by atoms with E-state index in [9.17, 15) is 4.21 Å². The summed E-state index contributed by atoms with van der Waals surface area (Å²) in [6, 6.07) is 24.6. The Kier molecular flexibility index (Phi) is 8.17. The number of ether oxygens (including phenoxy) is 1. The molecule has 33 heavy (non-hydrogen) atoms. The van der Waals surface area contributed by atoms with E-state index >= 15 is 0 Å². The van der Waals surface area contributed by atoms with Crippen molar-refractivity contribution in [3.05, 3.63) is 101 Å². The Bertz CT molecular complexity index is 1150. The van der Waals surface area contributed by atoms with Crippen LogP contribution in [-0.4, -0.2) is 4.21 Å². The highest BCUT2D eigenvalue weighted by molar-refractivity contribution is 7.89. The fraction of sp³-hybridized carbons (Fsp3) is 0.333.